The Balaban J connectivity index is 1.65. The lowest BCUT2D eigenvalue weighted by molar-refractivity contribution is 0.158. The molecular formula is C21H25FN4O. The molecule has 1 aromatic heterocycles. The molecule has 142 valence electrons. The number of piperazine rings is 1. The lowest BCUT2D eigenvalue weighted by Gasteiger charge is -2.32. The van der Waals surface area contributed by atoms with Crippen molar-refractivity contribution in [1.82, 2.24) is 14.8 Å². The normalized spacial score (nSPS) is 16.1. The van der Waals surface area contributed by atoms with Gasteiger partial charge >= 0.3 is 0 Å². The fourth-order valence-electron chi connectivity index (χ4n) is 3.62. The first-order chi connectivity index (χ1) is 13.1. The van der Waals surface area contributed by atoms with E-state index >= 15 is 0 Å². The van der Waals surface area contributed by atoms with E-state index in [2.05, 4.69) is 27.1 Å². The summed E-state index contributed by atoms with van der Waals surface area (Å²) in [6, 6.07) is 10.6. The number of pyridine rings is 1. The van der Waals surface area contributed by atoms with E-state index in [4.69, 9.17) is 4.74 Å². The third-order valence-corrected chi connectivity index (χ3v) is 5.27. The number of likely N-dealkylation sites (N-methyl/N-ethyl adjacent to an activating group) is 1. The molecule has 1 fully saturated rings. The smallest absolute Gasteiger partial charge is 0.125 e. The van der Waals surface area contributed by atoms with Gasteiger partial charge in [0, 0.05) is 56.1 Å². The Morgan fingerprint density at radius 3 is 2.63 bits per heavy atom. The van der Waals surface area contributed by atoms with Crippen LogP contribution >= 0.6 is 0 Å². The second-order valence-corrected chi connectivity index (χ2v) is 7.10. The molecule has 0 unspecified atom stereocenters. The van der Waals surface area contributed by atoms with E-state index in [1.807, 2.05) is 18.2 Å². The van der Waals surface area contributed by atoms with Gasteiger partial charge in [0.15, 0.2) is 0 Å². The third-order valence-electron chi connectivity index (χ3n) is 5.27. The summed E-state index contributed by atoms with van der Waals surface area (Å²) in [5.74, 6) is 0.513. The average Bonchev–Trinajstić information content (AvgIpc) is 2.68. The molecule has 0 spiro atoms. The molecule has 1 N–H and O–H groups in total. The van der Waals surface area contributed by atoms with E-state index < -0.39 is 0 Å². The lowest BCUT2D eigenvalue weighted by atomic mass is 10.1. The van der Waals surface area contributed by atoms with Gasteiger partial charge in [0.25, 0.3) is 0 Å². The maximum Gasteiger partial charge on any atom is 0.125 e. The van der Waals surface area contributed by atoms with Crippen LogP contribution in [0.5, 0.6) is 5.75 Å². The van der Waals surface area contributed by atoms with Crippen molar-refractivity contribution in [2.24, 2.45) is 0 Å². The first-order valence-corrected chi connectivity index (χ1v) is 9.36. The molecule has 0 saturated carbocycles. The number of anilines is 1. The van der Waals surface area contributed by atoms with Crippen LogP contribution < -0.4 is 10.1 Å². The predicted octanol–water partition coefficient (Wildman–Crippen LogP) is 3.20. The van der Waals surface area contributed by atoms with Crippen LogP contribution in [0.4, 0.5) is 10.1 Å². The SMILES string of the molecule is COc1ccc2nc3cc(F)ccc3c(NCCN3CCN(C)CC3)c2c1. The summed E-state index contributed by atoms with van der Waals surface area (Å²) in [5.41, 5.74) is 2.48. The molecule has 1 aliphatic rings. The molecule has 6 heteroatoms. The Morgan fingerprint density at radius 2 is 1.85 bits per heavy atom. The highest BCUT2D eigenvalue weighted by molar-refractivity contribution is 6.07. The summed E-state index contributed by atoms with van der Waals surface area (Å²) in [5, 5.41) is 5.51. The number of fused-ring (bicyclic) bond motifs is 2. The summed E-state index contributed by atoms with van der Waals surface area (Å²) in [7, 11) is 3.82. The van der Waals surface area contributed by atoms with Crippen molar-refractivity contribution in [3.05, 3.63) is 42.2 Å². The van der Waals surface area contributed by atoms with Crippen LogP contribution in [0.15, 0.2) is 36.4 Å². The van der Waals surface area contributed by atoms with Crippen molar-refractivity contribution in [1.29, 1.82) is 0 Å². The molecule has 0 bridgehead atoms. The fourth-order valence-corrected chi connectivity index (χ4v) is 3.62. The Kier molecular flexibility index (Phi) is 5.09. The number of benzene rings is 2. The van der Waals surface area contributed by atoms with Crippen LogP contribution in [0.2, 0.25) is 0 Å². The Morgan fingerprint density at radius 1 is 1.04 bits per heavy atom. The zero-order valence-electron chi connectivity index (χ0n) is 15.8. The van der Waals surface area contributed by atoms with Crippen molar-refractivity contribution in [2.45, 2.75) is 0 Å². The number of nitrogens with one attached hydrogen (secondary N) is 1. The molecule has 1 aliphatic heterocycles. The van der Waals surface area contributed by atoms with Crippen LogP contribution in [0, 0.1) is 5.82 Å². The Hall–Kier alpha value is -2.44. The number of halogens is 1. The van der Waals surface area contributed by atoms with E-state index in [-0.39, 0.29) is 5.82 Å². The Bertz CT molecular complexity index is 954. The summed E-state index contributed by atoms with van der Waals surface area (Å²) in [4.78, 5) is 9.46. The van der Waals surface area contributed by atoms with Gasteiger partial charge in [-0.05, 0) is 37.4 Å². The number of nitrogens with zero attached hydrogens (tertiary/aromatic N) is 3. The lowest BCUT2D eigenvalue weighted by Crippen LogP contribution is -2.45. The topological polar surface area (TPSA) is 40.6 Å². The highest BCUT2D eigenvalue weighted by atomic mass is 19.1. The quantitative estimate of drug-likeness (QED) is 0.701. The monoisotopic (exact) mass is 368 g/mol. The zero-order valence-corrected chi connectivity index (χ0v) is 15.8. The molecule has 3 aromatic rings. The molecule has 4 rings (SSSR count). The maximum absolute atomic E-state index is 13.7. The van der Waals surface area contributed by atoms with Crippen LogP contribution in [-0.4, -0.2) is 68.2 Å². The average molecular weight is 368 g/mol. The maximum atomic E-state index is 13.7. The number of methoxy groups -OCH3 is 1. The van der Waals surface area contributed by atoms with Crippen LogP contribution in [0.25, 0.3) is 21.8 Å². The van der Waals surface area contributed by atoms with Gasteiger partial charge in [-0.2, -0.15) is 0 Å². The number of aromatic nitrogens is 1. The van der Waals surface area contributed by atoms with Crippen LogP contribution in [0.1, 0.15) is 0 Å². The summed E-state index contributed by atoms with van der Waals surface area (Å²) in [6.07, 6.45) is 0. The second kappa shape index (κ2) is 7.66. The summed E-state index contributed by atoms with van der Waals surface area (Å²) < 4.78 is 19.1. The second-order valence-electron chi connectivity index (χ2n) is 7.10. The predicted molar refractivity (Wildman–Crippen MR) is 108 cm³/mol. The summed E-state index contributed by atoms with van der Waals surface area (Å²) >= 11 is 0. The van der Waals surface area contributed by atoms with E-state index in [0.717, 1.165) is 67.0 Å². The first kappa shape index (κ1) is 17.9. The van der Waals surface area contributed by atoms with Gasteiger partial charge in [-0.1, -0.05) is 0 Å². The molecule has 1 saturated heterocycles. The molecule has 0 atom stereocenters. The molecule has 2 aromatic carbocycles. The minimum Gasteiger partial charge on any atom is -0.497 e. The summed E-state index contributed by atoms with van der Waals surface area (Å²) in [6.45, 7) is 6.20. The van der Waals surface area contributed by atoms with Crippen LogP contribution in [-0.2, 0) is 0 Å². The molecule has 0 amide bonds. The number of rotatable bonds is 5. The van der Waals surface area contributed by atoms with Gasteiger partial charge < -0.3 is 15.0 Å². The third kappa shape index (κ3) is 3.82. The van der Waals surface area contributed by atoms with Crippen molar-refractivity contribution >= 4 is 27.5 Å². The molecule has 0 aliphatic carbocycles. The van der Waals surface area contributed by atoms with Crippen molar-refractivity contribution in [2.75, 3.05) is 58.7 Å². The molecule has 2 heterocycles. The standard InChI is InChI=1S/C21H25FN4O/c1-25-9-11-26(12-10-25)8-7-23-21-17-5-3-15(22)13-20(17)24-19-6-4-16(27-2)14-18(19)21/h3-6,13-14H,7-12H2,1-2H3,(H,23,24). The molecule has 27 heavy (non-hydrogen) atoms. The van der Waals surface area contributed by atoms with Crippen LogP contribution in [0.3, 0.4) is 0 Å². The van der Waals surface area contributed by atoms with Crippen molar-refractivity contribution in [3.63, 3.8) is 0 Å². The van der Waals surface area contributed by atoms with Gasteiger partial charge in [0.1, 0.15) is 11.6 Å². The van der Waals surface area contributed by atoms with Gasteiger partial charge in [-0.25, -0.2) is 9.37 Å². The highest BCUT2D eigenvalue weighted by Gasteiger charge is 2.14. The first-order valence-electron chi connectivity index (χ1n) is 9.36. The van der Waals surface area contributed by atoms with Gasteiger partial charge in [0.2, 0.25) is 0 Å². The molecular weight excluding hydrogens is 343 g/mol. The largest absolute Gasteiger partial charge is 0.497 e. The highest BCUT2D eigenvalue weighted by Crippen LogP contribution is 2.33. The van der Waals surface area contributed by atoms with E-state index in [9.17, 15) is 4.39 Å². The molecule has 5 nitrogen and oxygen atoms in total. The zero-order chi connectivity index (χ0) is 18.8. The minimum absolute atomic E-state index is 0.272. The van der Waals surface area contributed by atoms with Gasteiger partial charge in [0.05, 0.1) is 23.8 Å². The van der Waals surface area contributed by atoms with E-state index in [1.165, 1.54) is 12.1 Å². The van der Waals surface area contributed by atoms with Gasteiger partial charge in [-0.3, -0.25) is 4.90 Å². The molecule has 0 radical (unpaired) electrons. The van der Waals surface area contributed by atoms with Gasteiger partial charge in [-0.15, -0.1) is 0 Å². The number of hydrogen-bond acceptors (Lipinski definition) is 5. The number of hydrogen-bond donors (Lipinski definition) is 1. The van der Waals surface area contributed by atoms with Crippen molar-refractivity contribution < 1.29 is 9.13 Å². The fraction of sp³-hybridized carbons (Fsp3) is 0.381. The Labute approximate surface area is 158 Å². The van der Waals surface area contributed by atoms with E-state index in [1.54, 1.807) is 13.2 Å². The van der Waals surface area contributed by atoms with E-state index in [0.29, 0.717) is 5.52 Å². The number of ether oxygens (including phenoxy) is 1. The minimum atomic E-state index is -0.272. The van der Waals surface area contributed by atoms with Crippen molar-refractivity contribution in [3.8, 4) is 5.75 Å².